The summed E-state index contributed by atoms with van der Waals surface area (Å²) in [4.78, 5) is 0. The van der Waals surface area contributed by atoms with E-state index in [0.29, 0.717) is 0 Å². The minimum atomic E-state index is 0.914. The minimum Gasteiger partial charge on any atom is -0.456 e. The molecule has 1 aromatic heterocycles. The molecule has 0 aliphatic rings. The third kappa shape index (κ3) is 3.62. The first kappa shape index (κ1) is 24.5. The van der Waals surface area contributed by atoms with Crippen LogP contribution in [0.4, 0.5) is 0 Å². The van der Waals surface area contributed by atoms with Gasteiger partial charge in [0.2, 0.25) is 0 Å². The predicted octanol–water partition coefficient (Wildman–Crippen LogP) is 12.7. The Morgan fingerprint density at radius 2 is 0.733 bits per heavy atom. The Morgan fingerprint density at radius 1 is 0.267 bits per heavy atom. The maximum atomic E-state index is 6.51. The maximum absolute atomic E-state index is 6.51. The molecule has 0 fully saturated rings. The van der Waals surface area contributed by atoms with Crippen LogP contribution in [0.15, 0.2) is 162 Å². The van der Waals surface area contributed by atoms with E-state index >= 15 is 0 Å². The number of hydrogen-bond acceptors (Lipinski definition) is 1. The molecule has 0 amide bonds. The maximum Gasteiger partial charge on any atom is 0.136 e. The fraction of sp³-hybridized carbons (Fsp3) is 0. The molecule has 0 bridgehead atoms. The Hall–Kier alpha value is -5.92. The minimum absolute atomic E-state index is 0.914. The Balaban J connectivity index is 1.24. The van der Waals surface area contributed by atoms with Crippen molar-refractivity contribution in [1.29, 1.82) is 0 Å². The molecule has 0 aliphatic heterocycles. The molecule has 0 radical (unpaired) electrons. The van der Waals surface area contributed by atoms with Gasteiger partial charge in [0.25, 0.3) is 0 Å². The smallest absolute Gasteiger partial charge is 0.136 e. The highest BCUT2D eigenvalue weighted by atomic mass is 16.3. The van der Waals surface area contributed by atoms with Crippen LogP contribution in [-0.4, -0.2) is 0 Å². The molecule has 0 aliphatic carbocycles. The van der Waals surface area contributed by atoms with Gasteiger partial charge < -0.3 is 4.42 Å². The molecule has 1 nitrogen and oxygen atoms in total. The SMILES string of the molecule is c1ccc2cc3c(cc2c1)oc1cc(-c2c4ccccc4c(-c4ccc5c(ccc6ccccc65)c4)c4ccccc24)ccc13. The van der Waals surface area contributed by atoms with Crippen LogP contribution in [0.2, 0.25) is 0 Å². The first-order valence-corrected chi connectivity index (χ1v) is 15.5. The van der Waals surface area contributed by atoms with Gasteiger partial charge in [-0.25, -0.2) is 0 Å². The van der Waals surface area contributed by atoms with E-state index in [9.17, 15) is 0 Å². The highest BCUT2D eigenvalue weighted by Crippen LogP contribution is 2.45. The lowest BCUT2D eigenvalue weighted by atomic mass is 9.85. The zero-order valence-corrected chi connectivity index (χ0v) is 24.4. The van der Waals surface area contributed by atoms with E-state index in [1.807, 2.05) is 0 Å². The van der Waals surface area contributed by atoms with Crippen molar-refractivity contribution in [2.45, 2.75) is 0 Å². The molecular weight excluding hydrogens is 544 g/mol. The van der Waals surface area contributed by atoms with Crippen LogP contribution >= 0.6 is 0 Å². The van der Waals surface area contributed by atoms with Crippen LogP contribution in [0.3, 0.4) is 0 Å². The van der Waals surface area contributed by atoms with Crippen LogP contribution < -0.4 is 0 Å². The molecule has 0 saturated carbocycles. The summed E-state index contributed by atoms with van der Waals surface area (Å²) in [6, 6.07) is 57.4. The van der Waals surface area contributed by atoms with Gasteiger partial charge in [0.1, 0.15) is 11.2 Å². The molecule has 9 aromatic carbocycles. The van der Waals surface area contributed by atoms with Crippen LogP contribution in [0.25, 0.3) is 98.1 Å². The van der Waals surface area contributed by atoms with Gasteiger partial charge in [-0.05, 0) is 106 Å². The normalized spacial score (nSPS) is 12.0. The second-order valence-electron chi connectivity index (χ2n) is 12.1. The average molecular weight is 571 g/mol. The van der Waals surface area contributed by atoms with Gasteiger partial charge in [0.05, 0.1) is 0 Å². The Kier molecular flexibility index (Phi) is 5.06. The molecule has 10 rings (SSSR count). The highest BCUT2D eigenvalue weighted by Gasteiger charge is 2.18. The van der Waals surface area contributed by atoms with Crippen LogP contribution in [0.5, 0.6) is 0 Å². The third-order valence-electron chi connectivity index (χ3n) is 9.59. The van der Waals surface area contributed by atoms with Crippen molar-refractivity contribution in [2.24, 2.45) is 0 Å². The molecule has 0 N–H and O–H groups in total. The quantitative estimate of drug-likeness (QED) is 0.149. The number of furan rings is 1. The van der Waals surface area contributed by atoms with Gasteiger partial charge in [-0.2, -0.15) is 0 Å². The van der Waals surface area contributed by atoms with Crippen molar-refractivity contribution in [3.05, 3.63) is 158 Å². The third-order valence-corrected chi connectivity index (χ3v) is 9.59. The molecule has 45 heavy (non-hydrogen) atoms. The van der Waals surface area contributed by atoms with Crippen molar-refractivity contribution in [1.82, 2.24) is 0 Å². The van der Waals surface area contributed by atoms with Gasteiger partial charge >= 0.3 is 0 Å². The van der Waals surface area contributed by atoms with Crippen LogP contribution in [0, 0.1) is 0 Å². The van der Waals surface area contributed by atoms with Crippen molar-refractivity contribution in [3.8, 4) is 22.3 Å². The molecule has 1 heterocycles. The number of fused-ring (bicyclic) bond motifs is 9. The molecular formula is C44H26O. The summed E-state index contributed by atoms with van der Waals surface area (Å²) in [5.74, 6) is 0. The van der Waals surface area contributed by atoms with E-state index in [4.69, 9.17) is 4.42 Å². The van der Waals surface area contributed by atoms with E-state index in [0.717, 1.165) is 27.5 Å². The molecule has 10 aromatic rings. The lowest BCUT2D eigenvalue weighted by molar-refractivity contribution is 0.669. The average Bonchev–Trinajstić information content (AvgIpc) is 3.45. The van der Waals surface area contributed by atoms with Gasteiger partial charge in [-0.15, -0.1) is 0 Å². The van der Waals surface area contributed by atoms with Crippen molar-refractivity contribution in [2.75, 3.05) is 0 Å². The largest absolute Gasteiger partial charge is 0.456 e. The van der Waals surface area contributed by atoms with E-state index in [-0.39, 0.29) is 0 Å². The molecule has 0 atom stereocenters. The standard InChI is InChI=1S/C44H26O/c1-2-11-29-25-42-40(24-28(29)10-1)35-22-20-32(26-41(35)45-42)44-38-15-7-5-13-36(38)43(37-14-6-8-16-39(37)44)31-19-21-34-30(23-31)18-17-27-9-3-4-12-33(27)34/h1-26H. The summed E-state index contributed by atoms with van der Waals surface area (Å²) in [5.41, 5.74) is 6.75. The highest BCUT2D eigenvalue weighted by molar-refractivity contribution is 6.23. The summed E-state index contributed by atoms with van der Waals surface area (Å²) >= 11 is 0. The summed E-state index contributed by atoms with van der Waals surface area (Å²) < 4.78 is 6.51. The number of rotatable bonds is 2. The molecule has 1 heteroatoms. The summed E-state index contributed by atoms with van der Waals surface area (Å²) in [6.07, 6.45) is 0. The van der Waals surface area contributed by atoms with Gasteiger partial charge in [0, 0.05) is 10.8 Å². The van der Waals surface area contributed by atoms with Gasteiger partial charge in [-0.1, -0.05) is 127 Å². The predicted molar refractivity (Wildman–Crippen MR) is 192 cm³/mol. The summed E-state index contributed by atoms with van der Waals surface area (Å²) in [7, 11) is 0. The summed E-state index contributed by atoms with van der Waals surface area (Å²) in [6.45, 7) is 0. The first-order chi connectivity index (χ1) is 22.3. The lowest BCUT2D eigenvalue weighted by Crippen LogP contribution is -1.91. The summed E-state index contributed by atoms with van der Waals surface area (Å²) in [5, 5.41) is 14.8. The van der Waals surface area contributed by atoms with Crippen molar-refractivity contribution < 1.29 is 4.42 Å². The molecule has 208 valence electrons. The van der Waals surface area contributed by atoms with Crippen molar-refractivity contribution in [3.63, 3.8) is 0 Å². The lowest BCUT2D eigenvalue weighted by Gasteiger charge is -2.18. The molecule has 0 saturated heterocycles. The van der Waals surface area contributed by atoms with Crippen LogP contribution in [-0.2, 0) is 0 Å². The topological polar surface area (TPSA) is 13.1 Å². The zero-order chi connectivity index (χ0) is 29.5. The Labute approximate surface area is 259 Å². The number of benzene rings is 9. The van der Waals surface area contributed by atoms with Gasteiger partial charge in [-0.3, -0.25) is 0 Å². The van der Waals surface area contributed by atoms with E-state index in [2.05, 4.69) is 158 Å². The molecule has 0 unspecified atom stereocenters. The monoisotopic (exact) mass is 570 g/mol. The van der Waals surface area contributed by atoms with E-state index < -0.39 is 0 Å². The fourth-order valence-electron chi connectivity index (χ4n) is 7.54. The van der Waals surface area contributed by atoms with Crippen LogP contribution in [0.1, 0.15) is 0 Å². The zero-order valence-electron chi connectivity index (χ0n) is 24.4. The fourth-order valence-corrected chi connectivity index (χ4v) is 7.54. The van der Waals surface area contributed by atoms with Crippen molar-refractivity contribution >= 4 is 75.8 Å². The van der Waals surface area contributed by atoms with Gasteiger partial charge in [0.15, 0.2) is 0 Å². The second kappa shape index (κ2) is 9.29. The first-order valence-electron chi connectivity index (χ1n) is 15.5. The molecule has 0 spiro atoms. The number of hydrogen-bond donors (Lipinski definition) is 0. The van der Waals surface area contributed by atoms with E-state index in [1.165, 1.54) is 70.6 Å². The Morgan fingerprint density at radius 3 is 1.40 bits per heavy atom. The van der Waals surface area contributed by atoms with E-state index in [1.54, 1.807) is 0 Å². The second-order valence-corrected chi connectivity index (χ2v) is 12.1. The Bertz CT molecular complexity index is 2760.